The summed E-state index contributed by atoms with van der Waals surface area (Å²) in [6.45, 7) is 5.08. The van der Waals surface area contributed by atoms with Gasteiger partial charge in [0.25, 0.3) is 0 Å². The maximum absolute atomic E-state index is 10.3. The zero-order chi connectivity index (χ0) is 18.1. The molecule has 1 aliphatic heterocycles. The molecular weight excluding hydrogens is 328 g/mol. The minimum Gasteiger partial charge on any atom is -0.507 e. The molecule has 1 aliphatic carbocycles. The highest BCUT2D eigenvalue weighted by atomic mass is 16.5. The standard InChI is InChI=1S/C21H28N2O3/c1-14-5-8-19-18(10-14)21(26-22-19)16-4-3-9-23(13-16)12-15-6-7-17(25-2)11-20(15)24/h6-7,11,14,16,24H,3-5,8-10,12-13H2,1-2H3. The molecule has 5 nitrogen and oxygen atoms in total. The van der Waals surface area contributed by atoms with Crippen molar-refractivity contribution in [3.63, 3.8) is 0 Å². The van der Waals surface area contributed by atoms with Crippen LogP contribution in [-0.4, -0.2) is 35.4 Å². The van der Waals surface area contributed by atoms with E-state index in [1.807, 2.05) is 12.1 Å². The van der Waals surface area contributed by atoms with Gasteiger partial charge in [0.2, 0.25) is 0 Å². The minimum absolute atomic E-state index is 0.303. The smallest absolute Gasteiger partial charge is 0.144 e. The molecule has 0 spiro atoms. The first-order chi connectivity index (χ1) is 12.6. The number of fused-ring (bicyclic) bond motifs is 1. The van der Waals surface area contributed by atoms with Crippen molar-refractivity contribution < 1.29 is 14.4 Å². The van der Waals surface area contributed by atoms with Crippen molar-refractivity contribution in [1.82, 2.24) is 10.1 Å². The first-order valence-electron chi connectivity index (χ1n) is 9.69. The summed E-state index contributed by atoms with van der Waals surface area (Å²) in [5.41, 5.74) is 3.51. The fourth-order valence-corrected chi connectivity index (χ4v) is 4.38. The quantitative estimate of drug-likeness (QED) is 0.900. The molecule has 2 aromatic rings. The number of likely N-dealkylation sites (tertiary alicyclic amines) is 1. The lowest BCUT2D eigenvalue weighted by molar-refractivity contribution is 0.181. The van der Waals surface area contributed by atoms with Crippen LogP contribution in [0, 0.1) is 5.92 Å². The Labute approximate surface area is 154 Å². The maximum Gasteiger partial charge on any atom is 0.144 e. The van der Waals surface area contributed by atoms with Crippen LogP contribution in [0.1, 0.15) is 54.7 Å². The number of phenolic OH excluding ortho intramolecular Hbond substituents is 1. The van der Waals surface area contributed by atoms with Crippen LogP contribution in [-0.2, 0) is 19.4 Å². The van der Waals surface area contributed by atoms with Gasteiger partial charge >= 0.3 is 0 Å². The van der Waals surface area contributed by atoms with Crippen LogP contribution in [0.25, 0.3) is 0 Å². The first kappa shape index (κ1) is 17.4. The van der Waals surface area contributed by atoms with E-state index in [-0.39, 0.29) is 0 Å². The van der Waals surface area contributed by atoms with Crippen molar-refractivity contribution in [1.29, 1.82) is 0 Å². The average molecular weight is 356 g/mol. The average Bonchev–Trinajstić information content (AvgIpc) is 3.06. The molecule has 0 radical (unpaired) electrons. The number of benzene rings is 1. The molecular formula is C21H28N2O3. The second kappa shape index (κ2) is 7.31. The Balaban J connectivity index is 1.47. The van der Waals surface area contributed by atoms with Gasteiger partial charge in [0.05, 0.1) is 12.8 Å². The number of rotatable bonds is 4. The number of nitrogens with zero attached hydrogens (tertiary/aromatic N) is 2. The zero-order valence-electron chi connectivity index (χ0n) is 15.7. The molecule has 0 bridgehead atoms. The molecule has 1 fully saturated rings. The highest BCUT2D eigenvalue weighted by Gasteiger charge is 2.31. The SMILES string of the molecule is COc1ccc(CN2CCCC(c3onc4c3CC(C)CC4)C2)c(O)c1. The predicted octanol–water partition coefficient (Wildman–Crippen LogP) is 3.89. The Hall–Kier alpha value is -2.01. The van der Waals surface area contributed by atoms with Gasteiger partial charge in [-0.2, -0.15) is 0 Å². The van der Waals surface area contributed by atoms with Crippen molar-refractivity contribution in [2.24, 2.45) is 5.92 Å². The molecule has 1 saturated heterocycles. The highest BCUT2D eigenvalue weighted by Crippen LogP contribution is 2.36. The molecule has 0 saturated carbocycles. The van der Waals surface area contributed by atoms with E-state index in [2.05, 4.69) is 17.0 Å². The van der Waals surface area contributed by atoms with E-state index in [0.717, 1.165) is 62.6 Å². The fourth-order valence-electron chi connectivity index (χ4n) is 4.38. The molecule has 140 valence electrons. The summed E-state index contributed by atoms with van der Waals surface area (Å²) in [5, 5.41) is 14.6. The molecule has 5 heteroatoms. The van der Waals surface area contributed by atoms with Crippen LogP contribution in [0.5, 0.6) is 11.5 Å². The Morgan fingerprint density at radius 3 is 3.04 bits per heavy atom. The van der Waals surface area contributed by atoms with Crippen molar-refractivity contribution in [3.05, 3.63) is 40.8 Å². The molecule has 1 aromatic carbocycles. The van der Waals surface area contributed by atoms with Crippen LogP contribution < -0.4 is 4.74 Å². The number of hydrogen-bond acceptors (Lipinski definition) is 5. The van der Waals surface area contributed by atoms with Gasteiger partial charge in [-0.15, -0.1) is 0 Å². The van der Waals surface area contributed by atoms with Gasteiger partial charge < -0.3 is 14.4 Å². The van der Waals surface area contributed by atoms with Crippen molar-refractivity contribution in [3.8, 4) is 11.5 Å². The van der Waals surface area contributed by atoms with Crippen molar-refractivity contribution in [2.45, 2.75) is 51.5 Å². The summed E-state index contributed by atoms with van der Waals surface area (Å²) in [6.07, 6.45) is 5.67. The first-order valence-corrected chi connectivity index (χ1v) is 9.69. The predicted molar refractivity (Wildman–Crippen MR) is 99.6 cm³/mol. The van der Waals surface area contributed by atoms with E-state index >= 15 is 0 Å². The topological polar surface area (TPSA) is 58.7 Å². The summed E-state index contributed by atoms with van der Waals surface area (Å²) in [4.78, 5) is 2.41. The fraction of sp³-hybridized carbons (Fsp3) is 0.571. The molecule has 1 aromatic heterocycles. The molecule has 26 heavy (non-hydrogen) atoms. The summed E-state index contributed by atoms with van der Waals surface area (Å²) in [5.74, 6) is 3.24. The van der Waals surface area contributed by atoms with Crippen LogP contribution in [0.4, 0.5) is 0 Å². The highest BCUT2D eigenvalue weighted by molar-refractivity contribution is 5.39. The number of aromatic nitrogens is 1. The van der Waals surface area contributed by atoms with E-state index in [4.69, 9.17) is 9.26 Å². The van der Waals surface area contributed by atoms with E-state index < -0.39 is 0 Å². The molecule has 2 atom stereocenters. The molecule has 2 unspecified atom stereocenters. The molecule has 4 rings (SSSR count). The van der Waals surface area contributed by atoms with Crippen LogP contribution in [0.3, 0.4) is 0 Å². The number of piperidine rings is 1. The number of hydrogen-bond donors (Lipinski definition) is 1. The normalized spacial score (nSPS) is 23.6. The zero-order valence-corrected chi connectivity index (χ0v) is 15.7. The maximum atomic E-state index is 10.3. The van der Waals surface area contributed by atoms with Crippen LogP contribution in [0.2, 0.25) is 0 Å². The second-order valence-electron chi connectivity index (χ2n) is 7.89. The third kappa shape index (κ3) is 3.45. The van der Waals surface area contributed by atoms with E-state index in [1.165, 1.54) is 17.7 Å². The lowest BCUT2D eigenvalue weighted by Gasteiger charge is -2.32. The van der Waals surface area contributed by atoms with Crippen molar-refractivity contribution >= 4 is 0 Å². The Bertz CT molecular complexity index is 771. The van der Waals surface area contributed by atoms with Gasteiger partial charge in [0, 0.05) is 36.2 Å². The summed E-state index contributed by atoms with van der Waals surface area (Å²) >= 11 is 0. The minimum atomic E-state index is 0.303. The van der Waals surface area contributed by atoms with Crippen LogP contribution in [0.15, 0.2) is 22.7 Å². The lowest BCUT2D eigenvalue weighted by atomic mass is 9.84. The third-order valence-corrected chi connectivity index (χ3v) is 5.89. The number of phenols is 1. The second-order valence-corrected chi connectivity index (χ2v) is 7.89. The van der Waals surface area contributed by atoms with Gasteiger partial charge in [-0.3, -0.25) is 4.90 Å². The largest absolute Gasteiger partial charge is 0.507 e. The number of aromatic hydroxyl groups is 1. The Morgan fingerprint density at radius 1 is 1.35 bits per heavy atom. The summed E-state index contributed by atoms with van der Waals surface area (Å²) in [6, 6.07) is 5.55. The van der Waals surface area contributed by atoms with Crippen molar-refractivity contribution in [2.75, 3.05) is 20.2 Å². The Kier molecular flexibility index (Phi) is 4.90. The molecule has 2 aliphatic rings. The third-order valence-electron chi connectivity index (χ3n) is 5.89. The number of methoxy groups -OCH3 is 1. The Morgan fingerprint density at radius 2 is 2.23 bits per heavy atom. The monoisotopic (exact) mass is 356 g/mol. The molecule has 1 N–H and O–H groups in total. The lowest BCUT2D eigenvalue weighted by Crippen LogP contribution is -2.34. The van der Waals surface area contributed by atoms with Gasteiger partial charge in [0.1, 0.15) is 17.3 Å². The van der Waals surface area contributed by atoms with Gasteiger partial charge in [-0.25, -0.2) is 0 Å². The van der Waals surface area contributed by atoms with Gasteiger partial charge in [-0.1, -0.05) is 18.1 Å². The number of ether oxygens (including phenoxy) is 1. The van der Waals surface area contributed by atoms with E-state index in [0.29, 0.717) is 17.4 Å². The van der Waals surface area contributed by atoms with Gasteiger partial charge in [0.15, 0.2) is 0 Å². The summed E-state index contributed by atoms with van der Waals surface area (Å²) < 4.78 is 11.0. The van der Waals surface area contributed by atoms with Crippen LogP contribution >= 0.6 is 0 Å². The number of aryl methyl sites for hydroxylation is 1. The van der Waals surface area contributed by atoms with E-state index in [9.17, 15) is 5.11 Å². The van der Waals surface area contributed by atoms with E-state index in [1.54, 1.807) is 13.2 Å². The molecule has 0 amide bonds. The van der Waals surface area contributed by atoms with Gasteiger partial charge in [-0.05, 0) is 50.6 Å². The summed E-state index contributed by atoms with van der Waals surface area (Å²) in [7, 11) is 1.61. The molecule has 2 heterocycles.